The summed E-state index contributed by atoms with van der Waals surface area (Å²) in [6.45, 7) is 7.22. The first-order valence-electron chi connectivity index (χ1n) is 7.26. The maximum absolute atomic E-state index is 12.6. The van der Waals surface area contributed by atoms with E-state index in [4.69, 9.17) is 9.84 Å². The fraction of sp³-hybridized carbons (Fsp3) is 0.857. The van der Waals surface area contributed by atoms with E-state index in [0.29, 0.717) is 38.6 Å². The molecular formula is C14H24N2O4. The van der Waals surface area contributed by atoms with Gasteiger partial charge in [-0.15, -0.1) is 0 Å². The zero-order valence-corrected chi connectivity index (χ0v) is 12.3. The van der Waals surface area contributed by atoms with Crippen molar-refractivity contribution in [3.05, 3.63) is 0 Å². The van der Waals surface area contributed by atoms with Crippen molar-refractivity contribution in [1.29, 1.82) is 0 Å². The Morgan fingerprint density at radius 3 is 2.75 bits per heavy atom. The van der Waals surface area contributed by atoms with E-state index in [9.17, 15) is 9.59 Å². The number of rotatable bonds is 3. The van der Waals surface area contributed by atoms with E-state index in [1.165, 1.54) is 0 Å². The molecule has 2 amide bonds. The fourth-order valence-corrected chi connectivity index (χ4v) is 2.95. The Labute approximate surface area is 119 Å². The monoisotopic (exact) mass is 284 g/mol. The van der Waals surface area contributed by atoms with Crippen molar-refractivity contribution in [1.82, 2.24) is 9.80 Å². The number of carboxylic acids is 1. The molecule has 2 rings (SSSR count). The van der Waals surface area contributed by atoms with Gasteiger partial charge < -0.3 is 19.6 Å². The molecule has 6 nitrogen and oxygen atoms in total. The largest absolute Gasteiger partial charge is 0.481 e. The van der Waals surface area contributed by atoms with Crippen molar-refractivity contribution < 1.29 is 19.4 Å². The number of carboxylic acid groups (broad SMARTS) is 1. The molecule has 20 heavy (non-hydrogen) atoms. The molecular weight excluding hydrogens is 260 g/mol. The van der Waals surface area contributed by atoms with Gasteiger partial charge in [-0.05, 0) is 32.6 Å². The van der Waals surface area contributed by atoms with Gasteiger partial charge in [0.2, 0.25) is 0 Å². The Kier molecular flexibility index (Phi) is 4.52. The molecule has 0 aromatic rings. The Hall–Kier alpha value is -1.30. The molecule has 1 unspecified atom stereocenters. The van der Waals surface area contributed by atoms with Gasteiger partial charge in [-0.2, -0.15) is 0 Å². The van der Waals surface area contributed by atoms with E-state index < -0.39 is 5.97 Å². The van der Waals surface area contributed by atoms with Crippen LogP contribution in [0, 0.1) is 5.92 Å². The number of carbonyl (C=O) groups excluding carboxylic acids is 1. The minimum Gasteiger partial charge on any atom is -0.481 e. The lowest BCUT2D eigenvalue weighted by Crippen LogP contribution is -2.58. The van der Waals surface area contributed by atoms with E-state index in [0.717, 1.165) is 13.0 Å². The summed E-state index contributed by atoms with van der Waals surface area (Å²) < 4.78 is 5.44. The molecule has 2 saturated heterocycles. The van der Waals surface area contributed by atoms with E-state index in [2.05, 4.69) is 0 Å². The molecule has 2 aliphatic rings. The number of ether oxygens (including phenoxy) is 1. The second kappa shape index (κ2) is 5.99. The van der Waals surface area contributed by atoms with E-state index in [1.54, 1.807) is 0 Å². The smallest absolute Gasteiger partial charge is 0.320 e. The van der Waals surface area contributed by atoms with Crippen LogP contribution in [0.4, 0.5) is 4.79 Å². The maximum Gasteiger partial charge on any atom is 0.320 e. The molecule has 0 bridgehead atoms. The SMILES string of the molecule is CC1(C)COCCN1C(=O)N1CCC(CCC(=O)O)C1. The summed E-state index contributed by atoms with van der Waals surface area (Å²) >= 11 is 0. The van der Waals surface area contributed by atoms with Crippen LogP contribution < -0.4 is 0 Å². The third kappa shape index (κ3) is 3.42. The van der Waals surface area contributed by atoms with Gasteiger partial charge in [-0.25, -0.2) is 4.79 Å². The highest BCUT2D eigenvalue weighted by Crippen LogP contribution is 2.26. The van der Waals surface area contributed by atoms with Crippen LogP contribution in [-0.4, -0.2) is 65.3 Å². The van der Waals surface area contributed by atoms with Gasteiger partial charge >= 0.3 is 12.0 Å². The molecule has 0 aliphatic carbocycles. The first-order chi connectivity index (χ1) is 9.40. The molecule has 114 valence electrons. The van der Waals surface area contributed by atoms with Gasteiger partial charge in [-0.3, -0.25) is 4.79 Å². The number of hydrogen-bond donors (Lipinski definition) is 1. The van der Waals surface area contributed by atoms with Crippen LogP contribution in [0.3, 0.4) is 0 Å². The van der Waals surface area contributed by atoms with Crippen LogP contribution in [0.5, 0.6) is 0 Å². The maximum atomic E-state index is 12.6. The second-order valence-electron chi connectivity index (χ2n) is 6.33. The fourth-order valence-electron chi connectivity index (χ4n) is 2.95. The van der Waals surface area contributed by atoms with Crippen LogP contribution in [0.1, 0.15) is 33.1 Å². The molecule has 0 saturated carbocycles. The Balaban J connectivity index is 1.89. The first kappa shape index (κ1) is 15.1. The van der Waals surface area contributed by atoms with Crippen LogP contribution in [0.2, 0.25) is 0 Å². The number of aliphatic carboxylic acids is 1. The van der Waals surface area contributed by atoms with Crippen molar-refractivity contribution in [2.24, 2.45) is 5.92 Å². The van der Waals surface area contributed by atoms with Crippen molar-refractivity contribution in [2.75, 3.05) is 32.8 Å². The zero-order chi connectivity index (χ0) is 14.8. The van der Waals surface area contributed by atoms with Crippen LogP contribution in [0.25, 0.3) is 0 Å². The van der Waals surface area contributed by atoms with Crippen molar-refractivity contribution >= 4 is 12.0 Å². The highest BCUT2D eigenvalue weighted by atomic mass is 16.5. The minimum atomic E-state index is -0.760. The van der Waals surface area contributed by atoms with Crippen molar-refractivity contribution in [3.8, 4) is 0 Å². The Bertz CT molecular complexity index is 383. The number of urea groups is 1. The first-order valence-corrected chi connectivity index (χ1v) is 7.26. The van der Waals surface area contributed by atoms with Gasteiger partial charge in [-0.1, -0.05) is 0 Å². The lowest BCUT2D eigenvalue weighted by Gasteiger charge is -2.43. The van der Waals surface area contributed by atoms with Gasteiger partial charge in [0.05, 0.1) is 18.8 Å². The van der Waals surface area contributed by atoms with Gasteiger partial charge in [0, 0.05) is 26.1 Å². The third-order valence-electron chi connectivity index (χ3n) is 4.20. The highest BCUT2D eigenvalue weighted by Gasteiger charge is 2.38. The summed E-state index contributed by atoms with van der Waals surface area (Å²) in [4.78, 5) is 26.9. The molecule has 1 atom stereocenters. The number of morpholine rings is 1. The van der Waals surface area contributed by atoms with Crippen LogP contribution in [0.15, 0.2) is 0 Å². The van der Waals surface area contributed by atoms with Gasteiger partial charge in [0.15, 0.2) is 0 Å². The molecule has 0 aromatic heterocycles. The Morgan fingerprint density at radius 2 is 2.10 bits per heavy atom. The Morgan fingerprint density at radius 1 is 1.35 bits per heavy atom. The topological polar surface area (TPSA) is 70.1 Å². The number of carbonyl (C=O) groups is 2. The predicted molar refractivity (Wildman–Crippen MR) is 73.5 cm³/mol. The number of likely N-dealkylation sites (tertiary alicyclic amines) is 1. The molecule has 2 heterocycles. The third-order valence-corrected chi connectivity index (χ3v) is 4.20. The molecule has 0 radical (unpaired) electrons. The lowest BCUT2D eigenvalue weighted by atomic mass is 10.0. The highest BCUT2D eigenvalue weighted by molar-refractivity contribution is 5.75. The standard InChI is InChI=1S/C14H24N2O4/c1-14(2)10-20-8-7-16(14)13(19)15-6-5-11(9-15)3-4-12(17)18/h11H,3-10H2,1-2H3,(H,17,18). The summed E-state index contributed by atoms with van der Waals surface area (Å²) in [6.07, 6.45) is 1.76. The quantitative estimate of drug-likeness (QED) is 0.850. The van der Waals surface area contributed by atoms with Gasteiger partial charge in [0.25, 0.3) is 0 Å². The summed E-state index contributed by atoms with van der Waals surface area (Å²) in [6, 6.07) is 0.0659. The van der Waals surface area contributed by atoms with Gasteiger partial charge in [0.1, 0.15) is 0 Å². The molecule has 0 spiro atoms. The molecule has 0 aromatic carbocycles. The summed E-state index contributed by atoms with van der Waals surface area (Å²) in [5.74, 6) is -0.441. The van der Waals surface area contributed by atoms with Crippen LogP contribution in [-0.2, 0) is 9.53 Å². The van der Waals surface area contributed by atoms with Crippen molar-refractivity contribution in [3.63, 3.8) is 0 Å². The number of amides is 2. The van der Waals surface area contributed by atoms with E-state index >= 15 is 0 Å². The minimum absolute atomic E-state index is 0.0659. The average molecular weight is 284 g/mol. The van der Waals surface area contributed by atoms with Crippen LogP contribution >= 0.6 is 0 Å². The summed E-state index contributed by atoms with van der Waals surface area (Å²) in [5, 5.41) is 8.72. The summed E-state index contributed by atoms with van der Waals surface area (Å²) in [5.41, 5.74) is -0.269. The van der Waals surface area contributed by atoms with Crippen molar-refractivity contribution in [2.45, 2.75) is 38.6 Å². The molecule has 1 N–H and O–H groups in total. The number of hydrogen-bond acceptors (Lipinski definition) is 3. The zero-order valence-electron chi connectivity index (χ0n) is 12.3. The predicted octanol–water partition coefficient (Wildman–Crippen LogP) is 1.40. The second-order valence-corrected chi connectivity index (χ2v) is 6.33. The van der Waals surface area contributed by atoms with E-state index in [1.807, 2.05) is 23.6 Å². The van der Waals surface area contributed by atoms with E-state index in [-0.39, 0.29) is 18.0 Å². The normalized spacial score (nSPS) is 25.8. The average Bonchev–Trinajstić information content (AvgIpc) is 2.84. The number of nitrogens with zero attached hydrogens (tertiary/aromatic N) is 2. The molecule has 6 heteroatoms. The summed E-state index contributed by atoms with van der Waals surface area (Å²) in [7, 11) is 0. The lowest BCUT2D eigenvalue weighted by molar-refractivity contribution is -0.137. The molecule has 2 aliphatic heterocycles. The molecule has 2 fully saturated rings.